The van der Waals surface area contributed by atoms with Gasteiger partial charge in [-0.3, -0.25) is 0 Å². The number of piperidine rings is 1. The van der Waals surface area contributed by atoms with Gasteiger partial charge in [0.1, 0.15) is 5.82 Å². The van der Waals surface area contributed by atoms with Gasteiger partial charge in [-0.25, -0.2) is 9.97 Å². The topological polar surface area (TPSA) is 98.9 Å². The number of hydrogen-bond donors (Lipinski definition) is 1. The van der Waals surface area contributed by atoms with Crippen LogP contribution in [0.15, 0.2) is 18.3 Å². The van der Waals surface area contributed by atoms with Crippen molar-refractivity contribution in [3.63, 3.8) is 0 Å². The molecule has 2 aromatic rings. The van der Waals surface area contributed by atoms with Crippen LogP contribution in [0.5, 0.6) is 5.75 Å². The highest BCUT2D eigenvalue weighted by molar-refractivity contribution is 5.68. The zero-order chi connectivity index (χ0) is 22.6. The molecule has 33 heavy (non-hydrogen) atoms. The summed E-state index contributed by atoms with van der Waals surface area (Å²) in [5.41, 5.74) is 7.05. The Morgan fingerprint density at radius 2 is 2.09 bits per heavy atom. The molecule has 7 heterocycles. The fourth-order valence-corrected chi connectivity index (χ4v) is 5.28. The molecular weight excluding hydrogens is 434 g/mol. The van der Waals surface area contributed by atoms with Crippen LogP contribution in [0.4, 0.5) is 26.4 Å². The van der Waals surface area contributed by atoms with Crippen molar-refractivity contribution in [3.05, 3.63) is 18.3 Å². The van der Waals surface area contributed by atoms with Crippen molar-refractivity contribution in [2.75, 3.05) is 55.0 Å². The molecule has 5 aliphatic rings. The number of fused-ring (bicyclic) bond motifs is 3. The zero-order valence-electron chi connectivity index (χ0n) is 18.1. The van der Waals surface area contributed by atoms with E-state index in [4.69, 9.17) is 25.2 Å². The van der Waals surface area contributed by atoms with Crippen LogP contribution in [0.1, 0.15) is 19.3 Å². The first-order chi connectivity index (χ1) is 16.0. The lowest BCUT2D eigenvalue weighted by Gasteiger charge is -2.48. The van der Waals surface area contributed by atoms with Crippen molar-refractivity contribution in [2.24, 2.45) is 5.41 Å². The minimum atomic E-state index is -2.99. The highest BCUT2D eigenvalue weighted by atomic mass is 19.3. The van der Waals surface area contributed by atoms with Crippen molar-refractivity contribution in [1.29, 1.82) is 0 Å². The van der Waals surface area contributed by atoms with E-state index in [2.05, 4.69) is 19.5 Å². The molecular formula is C22H26F2N6O3. The Hall–Kier alpha value is -2.79. The summed E-state index contributed by atoms with van der Waals surface area (Å²) in [6.45, 7) is 1.70. The number of pyridine rings is 1. The van der Waals surface area contributed by atoms with E-state index in [9.17, 15) is 8.78 Å². The average molecular weight is 460 g/mol. The smallest absolute Gasteiger partial charge is 0.387 e. The lowest BCUT2D eigenvalue weighted by molar-refractivity contribution is -0.0494. The molecule has 2 aromatic heterocycles. The Bertz CT molecular complexity index is 1030. The predicted octanol–water partition coefficient (Wildman–Crippen LogP) is 2.32. The fraction of sp³-hybridized carbons (Fsp3) is 0.591. The van der Waals surface area contributed by atoms with Gasteiger partial charge in [-0.1, -0.05) is 0 Å². The van der Waals surface area contributed by atoms with Gasteiger partial charge in [0.15, 0.2) is 11.6 Å². The van der Waals surface area contributed by atoms with Crippen LogP contribution in [0, 0.1) is 5.41 Å². The molecule has 5 aliphatic heterocycles. The lowest BCUT2D eigenvalue weighted by Crippen LogP contribution is -2.58. The van der Waals surface area contributed by atoms with Crippen LogP contribution in [0.25, 0.3) is 11.3 Å². The van der Waals surface area contributed by atoms with E-state index in [0.29, 0.717) is 23.8 Å². The normalized spacial score (nSPS) is 25.7. The molecule has 0 amide bonds. The van der Waals surface area contributed by atoms with Crippen LogP contribution in [-0.4, -0.2) is 73.2 Å². The molecule has 5 fully saturated rings. The molecule has 0 aliphatic carbocycles. The maximum Gasteiger partial charge on any atom is 0.387 e. The highest BCUT2D eigenvalue weighted by Crippen LogP contribution is 2.41. The number of ether oxygens (including phenoxy) is 3. The molecule has 5 saturated heterocycles. The van der Waals surface area contributed by atoms with Gasteiger partial charge in [0, 0.05) is 49.5 Å². The standard InChI is InChI=1S/C22H26F2N6O3/c23-20(24)33-17-5-13(7-26-19(17)25)16-6-18(30-8-15-2-1-14(30)9-32-15)28-21(27-16)29-10-22(11-29)3-4-31-12-22/h5-7,14-15,20H,1-4,8-12H2,(H2,25,26)/t14-,15-/m0/s1. The molecule has 11 heteroatoms. The third-order valence-corrected chi connectivity index (χ3v) is 7.10. The molecule has 0 aromatic carbocycles. The van der Waals surface area contributed by atoms with E-state index in [1.54, 1.807) is 0 Å². The predicted molar refractivity (Wildman–Crippen MR) is 116 cm³/mol. The maximum atomic E-state index is 12.8. The number of nitrogens with two attached hydrogens (primary N) is 1. The van der Waals surface area contributed by atoms with E-state index in [1.165, 1.54) is 12.3 Å². The minimum absolute atomic E-state index is 0.0926. The molecule has 2 bridgehead atoms. The number of nitrogens with zero attached hydrogens (tertiary/aromatic N) is 5. The quantitative estimate of drug-likeness (QED) is 0.721. The van der Waals surface area contributed by atoms with Crippen molar-refractivity contribution >= 4 is 17.6 Å². The third-order valence-electron chi connectivity index (χ3n) is 7.10. The van der Waals surface area contributed by atoms with Gasteiger partial charge >= 0.3 is 6.61 Å². The maximum absolute atomic E-state index is 12.8. The Morgan fingerprint density at radius 1 is 1.21 bits per heavy atom. The molecule has 2 atom stereocenters. The summed E-state index contributed by atoms with van der Waals surface area (Å²) in [5.74, 6) is 1.17. The van der Waals surface area contributed by atoms with Crippen molar-refractivity contribution < 1.29 is 23.0 Å². The average Bonchev–Trinajstić information content (AvgIpc) is 3.30. The number of anilines is 3. The molecule has 7 rings (SSSR count). The van der Waals surface area contributed by atoms with E-state index in [-0.39, 0.29) is 29.1 Å². The van der Waals surface area contributed by atoms with Gasteiger partial charge in [0.25, 0.3) is 0 Å². The Balaban J connectivity index is 1.36. The van der Waals surface area contributed by atoms with Crippen molar-refractivity contribution in [1.82, 2.24) is 15.0 Å². The van der Waals surface area contributed by atoms with Crippen molar-refractivity contribution in [3.8, 4) is 17.0 Å². The largest absolute Gasteiger partial charge is 0.431 e. The number of halogens is 2. The molecule has 176 valence electrons. The number of aromatic nitrogens is 3. The molecule has 0 saturated carbocycles. The number of nitrogen functional groups attached to an aromatic ring is 1. The Kier molecular flexibility index (Phi) is 4.98. The second kappa shape index (κ2) is 7.91. The van der Waals surface area contributed by atoms with Gasteiger partial charge in [-0.05, 0) is 25.3 Å². The van der Waals surface area contributed by atoms with E-state index in [1.807, 2.05) is 6.07 Å². The van der Waals surface area contributed by atoms with Gasteiger partial charge < -0.3 is 29.7 Å². The van der Waals surface area contributed by atoms with Gasteiger partial charge in [0.2, 0.25) is 5.95 Å². The molecule has 1 spiro atoms. The van der Waals surface area contributed by atoms with Gasteiger partial charge in [0.05, 0.1) is 31.1 Å². The third kappa shape index (κ3) is 3.82. The fourth-order valence-electron chi connectivity index (χ4n) is 5.28. The second-order valence-corrected chi connectivity index (χ2v) is 9.39. The number of morpholine rings is 1. The molecule has 9 nitrogen and oxygen atoms in total. The molecule has 2 N–H and O–H groups in total. The second-order valence-electron chi connectivity index (χ2n) is 9.39. The molecule has 0 radical (unpaired) electrons. The molecule has 0 unspecified atom stereocenters. The summed E-state index contributed by atoms with van der Waals surface area (Å²) in [6, 6.07) is 3.61. The summed E-state index contributed by atoms with van der Waals surface area (Å²) >= 11 is 0. The monoisotopic (exact) mass is 460 g/mol. The van der Waals surface area contributed by atoms with Gasteiger partial charge in [-0.15, -0.1) is 0 Å². The first-order valence-electron chi connectivity index (χ1n) is 11.3. The summed E-state index contributed by atoms with van der Waals surface area (Å²) < 4.78 is 41.7. The summed E-state index contributed by atoms with van der Waals surface area (Å²) in [7, 11) is 0. The van der Waals surface area contributed by atoms with E-state index < -0.39 is 6.61 Å². The Labute approximate surface area is 189 Å². The first kappa shape index (κ1) is 20.8. The number of hydrogen-bond acceptors (Lipinski definition) is 9. The van der Waals surface area contributed by atoms with Crippen LogP contribution >= 0.6 is 0 Å². The highest BCUT2D eigenvalue weighted by Gasteiger charge is 2.47. The first-order valence-corrected chi connectivity index (χ1v) is 11.3. The number of rotatable bonds is 5. The Morgan fingerprint density at radius 3 is 2.76 bits per heavy atom. The van der Waals surface area contributed by atoms with E-state index >= 15 is 0 Å². The lowest BCUT2D eigenvalue weighted by atomic mass is 9.79. The van der Waals surface area contributed by atoms with E-state index in [0.717, 1.165) is 57.9 Å². The van der Waals surface area contributed by atoms with Crippen LogP contribution in [-0.2, 0) is 9.47 Å². The number of alkyl halides is 2. The SMILES string of the molecule is Nc1ncc(-c2cc(N3C[C@@H]4CC[C@H]3CO4)nc(N3CC4(CCOC4)C3)n2)cc1OC(F)F. The summed E-state index contributed by atoms with van der Waals surface area (Å²) in [6.07, 6.45) is 4.87. The summed E-state index contributed by atoms with van der Waals surface area (Å²) in [4.78, 5) is 18.2. The van der Waals surface area contributed by atoms with Gasteiger partial charge in [-0.2, -0.15) is 13.8 Å². The van der Waals surface area contributed by atoms with Crippen LogP contribution in [0.2, 0.25) is 0 Å². The zero-order valence-corrected chi connectivity index (χ0v) is 18.1. The van der Waals surface area contributed by atoms with Crippen molar-refractivity contribution in [2.45, 2.75) is 38.0 Å². The van der Waals surface area contributed by atoms with Crippen LogP contribution < -0.4 is 20.3 Å². The van der Waals surface area contributed by atoms with Crippen LogP contribution in [0.3, 0.4) is 0 Å². The minimum Gasteiger partial charge on any atom is -0.431 e. The summed E-state index contributed by atoms with van der Waals surface area (Å²) in [5, 5.41) is 0.